The quantitative estimate of drug-likeness (QED) is 0.478. The number of carbonyl (C=O) groups is 1. The third kappa shape index (κ3) is 3.07. The van der Waals surface area contributed by atoms with Crippen LogP contribution in [-0.2, 0) is 33.2 Å². The van der Waals surface area contributed by atoms with Crippen LogP contribution in [0.4, 0.5) is 13.2 Å². The molecule has 0 unspecified atom stereocenters. The molecule has 0 radical (unpaired) electrons. The SMILES string of the molecule is Cc1cccn2ncc(C(=O)N3CCc4c(nn(C)c4-c4cc(C(F)(F)F)nn4C)C3)c12. The van der Waals surface area contributed by atoms with Crippen molar-refractivity contribution < 1.29 is 18.0 Å². The first kappa shape index (κ1) is 20.3. The van der Waals surface area contributed by atoms with Gasteiger partial charge in [0.1, 0.15) is 0 Å². The summed E-state index contributed by atoms with van der Waals surface area (Å²) in [5, 5.41) is 12.4. The first-order valence-electron chi connectivity index (χ1n) is 10.0. The van der Waals surface area contributed by atoms with Crippen molar-refractivity contribution in [1.82, 2.24) is 34.1 Å². The molecule has 11 heteroatoms. The van der Waals surface area contributed by atoms with E-state index in [0.717, 1.165) is 22.7 Å². The fraction of sp³-hybridized carbons (Fsp3) is 0.333. The third-order valence-corrected chi connectivity index (χ3v) is 5.87. The third-order valence-electron chi connectivity index (χ3n) is 5.87. The molecule has 0 bridgehead atoms. The molecule has 1 amide bonds. The van der Waals surface area contributed by atoms with Crippen LogP contribution in [0.2, 0.25) is 0 Å². The first-order valence-corrected chi connectivity index (χ1v) is 10.0. The number of pyridine rings is 1. The van der Waals surface area contributed by atoms with E-state index >= 15 is 0 Å². The van der Waals surface area contributed by atoms with Gasteiger partial charge >= 0.3 is 6.18 Å². The van der Waals surface area contributed by atoms with Gasteiger partial charge in [-0.25, -0.2) is 4.52 Å². The zero-order valence-corrected chi connectivity index (χ0v) is 17.7. The van der Waals surface area contributed by atoms with Crippen molar-refractivity contribution in [2.75, 3.05) is 6.54 Å². The number of aromatic nitrogens is 6. The summed E-state index contributed by atoms with van der Waals surface area (Å²) in [6, 6.07) is 4.83. The first-order chi connectivity index (χ1) is 15.1. The molecule has 0 aromatic carbocycles. The van der Waals surface area contributed by atoms with E-state index in [0.29, 0.717) is 35.6 Å². The molecule has 166 valence electrons. The summed E-state index contributed by atoms with van der Waals surface area (Å²) in [6.45, 7) is 2.63. The van der Waals surface area contributed by atoms with Crippen LogP contribution in [0.3, 0.4) is 0 Å². The molecule has 0 saturated heterocycles. The van der Waals surface area contributed by atoms with E-state index in [4.69, 9.17) is 0 Å². The summed E-state index contributed by atoms with van der Waals surface area (Å²) in [4.78, 5) is 15.0. The Morgan fingerprint density at radius 2 is 1.94 bits per heavy atom. The normalized spacial score (nSPS) is 14.2. The molecule has 4 aromatic rings. The summed E-state index contributed by atoms with van der Waals surface area (Å²) in [5.74, 6) is -0.146. The van der Waals surface area contributed by atoms with Gasteiger partial charge in [0.25, 0.3) is 5.91 Å². The minimum Gasteiger partial charge on any atom is -0.332 e. The standard InChI is InChI=1S/C21H20F3N7O/c1-12-5-4-7-31-18(12)14(10-25-31)20(32)30-8-6-13-15(11-30)26-29(3)19(13)16-9-17(21(22,23)24)27-28(16)2/h4-5,7,9-10H,6,8,11H2,1-3H3. The Hall–Kier alpha value is -3.63. The van der Waals surface area contributed by atoms with Gasteiger partial charge in [-0.05, 0) is 31.0 Å². The van der Waals surface area contributed by atoms with Crippen LogP contribution >= 0.6 is 0 Å². The van der Waals surface area contributed by atoms with Gasteiger partial charge < -0.3 is 4.90 Å². The number of hydrogen-bond donors (Lipinski definition) is 0. The van der Waals surface area contributed by atoms with Crippen LogP contribution in [-0.4, -0.2) is 46.5 Å². The van der Waals surface area contributed by atoms with Crippen molar-refractivity contribution in [2.24, 2.45) is 14.1 Å². The van der Waals surface area contributed by atoms with E-state index in [9.17, 15) is 18.0 Å². The Labute approximate surface area is 180 Å². The van der Waals surface area contributed by atoms with Crippen LogP contribution in [0.5, 0.6) is 0 Å². The van der Waals surface area contributed by atoms with Gasteiger partial charge in [0.05, 0.1) is 40.9 Å². The van der Waals surface area contributed by atoms with Crippen molar-refractivity contribution in [3.8, 4) is 11.4 Å². The van der Waals surface area contributed by atoms with E-state index in [1.165, 1.54) is 11.7 Å². The predicted molar refractivity (Wildman–Crippen MR) is 109 cm³/mol. The van der Waals surface area contributed by atoms with Crippen molar-refractivity contribution >= 4 is 11.4 Å². The molecule has 0 aliphatic carbocycles. The van der Waals surface area contributed by atoms with Gasteiger partial charge in [-0.15, -0.1) is 0 Å². The number of carbonyl (C=O) groups excluding carboxylic acids is 1. The highest BCUT2D eigenvalue weighted by Gasteiger charge is 2.36. The molecule has 8 nitrogen and oxygen atoms in total. The Balaban J connectivity index is 1.48. The van der Waals surface area contributed by atoms with Gasteiger partial charge in [-0.2, -0.15) is 28.5 Å². The van der Waals surface area contributed by atoms with Gasteiger partial charge in [-0.3, -0.25) is 14.2 Å². The highest BCUT2D eigenvalue weighted by molar-refractivity contribution is 6.01. The summed E-state index contributed by atoms with van der Waals surface area (Å²) in [7, 11) is 3.17. The summed E-state index contributed by atoms with van der Waals surface area (Å²) < 4.78 is 43.8. The number of amides is 1. The van der Waals surface area contributed by atoms with E-state index in [1.54, 1.807) is 33.5 Å². The Morgan fingerprint density at radius 1 is 1.16 bits per heavy atom. The van der Waals surface area contributed by atoms with Crippen molar-refractivity contribution in [3.05, 3.63) is 58.7 Å². The van der Waals surface area contributed by atoms with Crippen LogP contribution in [0.1, 0.15) is 32.9 Å². The van der Waals surface area contributed by atoms with Crippen LogP contribution < -0.4 is 0 Å². The van der Waals surface area contributed by atoms with E-state index in [-0.39, 0.29) is 12.5 Å². The molecule has 5 heterocycles. The molecule has 5 rings (SSSR count). The second kappa shape index (κ2) is 6.94. The van der Waals surface area contributed by atoms with Crippen molar-refractivity contribution in [3.63, 3.8) is 0 Å². The van der Waals surface area contributed by atoms with Crippen LogP contribution in [0.15, 0.2) is 30.6 Å². The van der Waals surface area contributed by atoms with E-state index in [1.807, 2.05) is 19.1 Å². The molecule has 0 atom stereocenters. The zero-order chi connectivity index (χ0) is 22.8. The highest BCUT2D eigenvalue weighted by Crippen LogP contribution is 2.35. The van der Waals surface area contributed by atoms with Gasteiger partial charge in [0.15, 0.2) is 5.69 Å². The lowest BCUT2D eigenvalue weighted by Crippen LogP contribution is -2.36. The summed E-state index contributed by atoms with van der Waals surface area (Å²) >= 11 is 0. The predicted octanol–water partition coefficient (Wildman–Crippen LogP) is 2.99. The molecule has 4 aromatic heterocycles. The smallest absolute Gasteiger partial charge is 0.332 e. The lowest BCUT2D eigenvalue weighted by Gasteiger charge is -2.26. The number of hydrogen-bond acceptors (Lipinski definition) is 4. The van der Waals surface area contributed by atoms with Crippen molar-refractivity contribution in [1.29, 1.82) is 0 Å². The Morgan fingerprint density at radius 3 is 2.66 bits per heavy atom. The molecule has 0 saturated carbocycles. The molecule has 1 aliphatic heterocycles. The molecule has 0 fully saturated rings. The number of halogens is 3. The van der Waals surface area contributed by atoms with Gasteiger partial charge in [0.2, 0.25) is 0 Å². The maximum atomic E-state index is 13.3. The zero-order valence-electron chi connectivity index (χ0n) is 17.7. The fourth-order valence-corrected chi connectivity index (χ4v) is 4.38. The maximum absolute atomic E-state index is 13.3. The summed E-state index contributed by atoms with van der Waals surface area (Å²) in [5.41, 5.74) is 3.72. The molecular formula is C21H20F3N7O. The van der Waals surface area contributed by atoms with Crippen LogP contribution in [0.25, 0.3) is 16.9 Å². The monoisotopic (exact) mass is 443 g/mol. The minimum absolute atomic E-state index is 0.146. The second-order valence-electron chi connectivity index (χ2n) is 7.95. The molecule has 0 spiro atoms. The maximum Gasteiger partial charge on any atom is 0.435 e. The Kier molecular flexibility index (Phi) is 4.40. The average molecular weight is 443 g/mol. The lowest BCUT2D eigenvalue weighted by atomic mass is 10.0. The number of alkyl halides is 3. The average Bonchev–Trinajstić information content (AvgIpc) is 3.41. The summed E-state index contributed by atoms with van der Waals surface area (Å²) in [6.07, 6.45) is -0.681. The number of aryl methyl sites for hydroxylation is 3. The Bertz CT molecular complexity index is 1360. The molecule has 0 N–H and O–H groups in total. The number of rotatable bonds is 2. The van der Waals surface area contributed by atoms with Crippen molar-refractivity contribution in [2.45, 2.75) is 26.1 Å². The fourth-order valence-electron chi connectivity index (χ4n) is 4.38. The van der Waals surface area contributed by atoms with Gasteiger partial charge in [-0.1, -0.05) is 6.07 Å². The van der Waals surface area contributed by atoms with Crippen LogP contribution in [0, 0.1) is 6.92 Å². The topological polar surface area (TPSA) is 73.2 Å². The minimum atomic E-state index is -4.52. The van der Waals surface area contributed by atoms with Gasteiger partial charge in [0, 0.05) is 32.4 Å². The van der Waals surface area contributed by atoms with E-state index in [2.05, 4.69) is 15.3 Å². The lowest BCUT2D eigenvalue weighted by molar-refractivity contribution is -0.141. The second-order valence-corrected chi connectivity index (χ2v) is 7.95. The molecule has 1 aliphatic rings. The number of fused-ring (bicyclic) bond motifs is 2. The van der Waals surface area contributed by atoms with E-state index < -0.39 is 11.9 Å². The number of nitrogens with zero attached hydrogens (tertiary/aromatic N) is 7. The highest BCUT2D eigenvalue weighted by atomic mass is 19.4. The largest absolute Gasteiger partial charge is 0.435 e. The molecular weight excluding hydrogens is 423 g/mol. The molecule has 32 heavy (non-hydrogen) atoms.